The van der Waals surface area contributed by atoms with E-state index in [1.807, 2.05) is 31.2 Å². The van der Waals surface area contributed by atoms with Crippen molar-refractivity contribution < 1.29 is 9.47 Å². The highest BCUT2D eigenvalue weighted by Crippen LogP contribution is 2.19. The predicted molar refractivity (Wildman–Crippen MR) is 61.6 cm³/mol. The molecule has 15 heavy (non-hydrogen) atoms. The number of methoxy groups -OCH3 is 1. The smallest absolute Gasteiger partial charge is 0.123 e. The van der Waals surface area contributed by atoms with Gasteiger partial charge in [0, 0.05) is 12.6 Å². The summed E-state index contributed by atoms with van der Waals surface area (Å²) in [7, 11) is 1.65. The Balaban J connectivity index is 2.48. The zero-order valence-electron chi connectivity index (χ0n) is 9.62. The second-order valence-electron chi connectivity index (χ2n) is 3.42. The molecule has 3 heteroatoms. The first-order valence-electron chi connectivity index (χ1n) is 5.27. The molecule has 1 N–H and O–H groups in total. The predicted octanol–water partition coefficient (Wildman–Crippen LogP) is 2.07. The lowest BCUT2D eigenvalue weighted by Crippen LogP contribution is -2.28. The Bertz CT molecular complexity index is 289. The molecule has 0 radical (unpaired) electrons. The Morgan fingerprint density at radius 3 is 2.73 bits per heavy atom. The van der Waals surface area contributed by atoms with Crippen molar-refractivity contribution in [1.82, 2.24) is 5.32 Å². The van der Waals surface area contributed by atoms with Crippen molar-refractivity contribution in [2.75, 3.05) is 20.2 Å². The Labute approximate surface area is 91.4 Å². The van der Waals surface area contributed by atoms with Crippen molar-refractivity contribution in [1.29, 1.82) is 0 Å². The summed E-state index contributed by atoms with van der Waals surface area (Å²) in [5, 5.41) is 3.24. The summed E-state index contributed by atoms with van der Waals surface area (Å²) in [4.78, 5) is 0. The molecule has 0 aliphatic heterocycles. The van der Waals surface area contributed by atoms with Crippen molar-refractivity contribution in [2.24, 2.45) is 0 Å². The van der Waals surface area contributed by atoms with Crippen molar-refractivity contribution in [3.05, 3.63) is 24.3 Å². The fourth-order valence-electron chi connectivity index (χ4n) is 1.30. The van der Waals surface area contributed by atoms with Crippen LogP contribution in [0.15, 0.2) is 24.3 Å². The van der Waals surface area contributed by atoms with Crippen molar-refractivity contribution in [3.8, 4) is 11.5 Å². The molecule has 0 amide bonds. The third-order valence-corrected chi connectivity index (χ3v) is 2.06. The molecule has 0 aliphatic rings. The van der Waals surface area contributed by atoms with Gasteiger partial charge in [0.1, 0.15) is 17.6 Å². The highest BCUT2D eigenvalue weighted by molar-refractivity contribution is 5.32. The maximum Gasteiger partial charge on any atom is 0.123 e. The molecule has 0 heterocycles. The molecule has 0 bridgehead atoms. The van der Waals surface area contributed by atoms with Crippen molar-refractivity contribution >= 4 is 0 Å². The molecule has 1 unspecified atom stereocenters. The quantitative estimate of drug-likeness (QED) is 0.778. The van der Waals surface area contributed by atoms with Crippen LogP contribution in [0.4, 0.5) is 0 Å². The first-order chi connectivity index (χ1) is 7.26. The Morgan fingerprint density at radius 2 is 2.07 bits per heavy atom. The Morgan fingerprint density at radius 1 is 1.33 bits per heavy atom. The summed E-state index contributed by atoms with van der Waals surface area (Å²) in [5.74, 6) is 1.67. The fourth-order valence-corrected chi connectivity index (χ4v) is 1.30. The maximum absolute atomic E-state index is 5.72. The molecule has 0 saturated carbocycles. The second kappa shape index (κ2) is 6.30. The van der Waals surface area contributed by atoms with Gasteiger partial charge in [0.25, 0.3) is 0 Å². The summed E-state index contributed by atoms with van der Waals surface area (Å²) in [5.41, 5.74) is 0. The van der Waals surface area contributed by atoms with Crippen molar-refractivity contribution in [3.63, 3.8) is 0 Å². The van der Waals surface area contributed by atoms with E-state index in [4.69, 9.17) is 9.47 Å². The third kappa shape index (κ3) is 4.21. The summed E-state index contributed by atoms with van der Waals surface area (Å²) < 4.78 is 10.8. The molecule has 1 aromatic carbocycles. The van der Waals surface area contributed by atoms with Crippen LogP contribution >= 0.6 is 0 Å². The van der Waals surface area contributed by atoms with E-state index >= 15 is 0 Å². The van der Waals surface area contributed by atoms with Crippen LogP contribution in [-0.2, 0) is 0 Å². The summed E-state index contributed by atoms with van der Waals surface area (Å²) in [6, 6.07) is 7.66. The minimum Gasteiger partial charge on any atom is -0.497 e. The number of rotatable bonds is 6. The lowest BCUT2D eigenvalue weighted by Gasteiger charge is -2.15. The van der Waals surface area contributed by atoms with Crippen molar-refractivity contribution in [2.45, 2.75) is 20.0 Å². The average molecular weight is 209 g/mol. The van der Waals surface area contributed by atoms with Crippen LogP contribution in [0.25, 0.3) is 0 Å². The topological polar surface area (TPSA) is 30.5 Å². The average Bonchev–Trinajstić information content (AvgIpc) is 2.26. The molecular formula is C12H19NO2. The molecule has 1 aromatic rings. The van der Waals surface area contributed by atoms with E-state index in [9.17, 15) is 0 Å². The van der Waals surface area contributed by atoms with Gasteiger partial charge in [-0.15, -0.1) is 0 Å². The number of benzene rings is 1. The van der Waals surface area contributed by atoms with Crippen LogP contribution in [0, 0.1) is 0 Å². The number of ether oxygens (including phenoxy) is 2. The maximum atomic E-state index is 5.72. The minimum absolute atomic E-state index is 0.164. The first kappa shape index (κ1) is 11.9. The van der Waals surface area contributed by atoms with Gasteiger partial charge in [-0.2, -0.15) is 0 Å². The van der Waals surface area contributed by atoms with E-state index in [1.54, 1.807) is 7.11 Å². The highest BCUT2D eigenvalue weighted by atomic mass is 16.5. The molecule has 0 aromatic heterocycles. The molecule has 0 aliphatic carbocycles. The molecule has 3 nitrogen and oxygen atoms in total. The SMILES string of the molecule is CCNCC(C)Oc1cccc(OC)c1. The van der Waals surface area contributed by atoms with Crippen LogP contribution in [0.2, 0.25) is 0 Å². The van der Waals surface area contributed by atoms with E-state index in [0.717, 1.165) is 24.6 Å². The second-order valence-corrected chi connectivity index (χ2v) is 3.42. The fraction of sp³-hybridized carbons (Fsp3) is 0.500. The summed E-state index contributed by atoms with van der Waals surface area (Å²) in [6.45, 7) is 5.94. The summed E-state index contributed by atoms with van der Waals surface area (Å²) in [6.07, 6.45) is 0.164. The van der Waals surface area contributed by atoms with E-state index in [1.165, 1.54) is 0 Å². The molecule has 0 spiro atoms. The molecule has 0 saturated heterocycles. The van der Waals surface area contributed by atoms with Crippen LogP contribution in [0.3, 0.4) is 0 Å². The minimum atomic E-state index is 0.164. The Kier molecular flexibility index (Phi) is 4.98. The zero-order chi connectivity index (χ0) is 11.1. The van der Waals surface area contributed by atoms with Crippen LogP contribution in [0.5, 0.6) is 11.5 Å². The van der Waals surface area contributed by atoms with Gasteiger partial charge in [0.05, 0.1) is 7.11 Å². The van der Waals surface area contributed by atoms with Gasteiger partial charge in [-0.25, -0.2) is 0 Å². The normalized spacial score (nSPS) is 12.2. The lowest BCUT2D eigenvalue weighted by molar-refractivity contribution is 0.217. The van der Waals surface area contributed by atoms with Crippen LogP contribution < -0.4 is 14.8 Å². The largest absolute Gasteiger partial charge is 0.497 e. The number of nitrogens with one attached hydrogen (secondary N) is 1. The zero-order valence-corrected chi connectivity index (χ0v) is 9.62. The van der Waals surface area contributed by atoms with Gasteiger partial charge in [0.2, 0.25) is 0 Å². The van der Waals surface area contributed by atoms with E-state index in [-0.39, 0.29) is 6.10 Å². The number of hydrogen-bond donors (Lipinski definition) is 1. The van der Waals surface area contributed by atoms with E-state index in [2.05, 4.69) is 12.2 Å². The van der Waals surface area contributed by atoms with Gasteiger partial charge in [-0.3, -0.25) is 0 Å². The van der Waals surface area contributed by atoms with Crippen LogP contribution in [-0.4, -0.2) is 26.3 Å². The number of likely N-dealkylation sites (N-methyl/N-ethyl adjacent to an activating group) is 1. The van der Waals surface area contributed by atoms with Gasteiger partial charge >= 0.3 is 0 Å². The standard InChI is InChI=1S/C12H19NO2/c1-4-13-9-10(2)15-12-7-5-6-11(8-12)14-3/h5-8,10,13H,4,9H2,1-3H3. The lowest BCUT2D eigenvalue weighted by atomic mass is 10.3. The molecule has 1 rings (SSSR count). The molecule has 0 fully saturated rings. The van der Waals surface area contributed by atoms with Gasteiger partial charge in [-0.05, 0) is 25.6 Å². The highest BCUT2D eigenvalue weighted by Gasteiger charge is 2.03. The molecule has 1 atom stereocenters. The van der Waals surface area contributed by atoms with Gasteiger partial charge < -0.3 is 14.8 Å². The third-order valence-electron chi connectivity index (χ3n) is 2.06. The van der Waals surface area contributed by atoms with Gasteiger partial charge in [-0.1, -0.05) is 13.0 Å². The van der Waals surface area contributed by atoms with Crippen LogP contribution in [0.1, 0.15) is 13.8 Å². The first-order valence-corrected chi connectivity index (χ1v) is 5.27. The van der Waals surface area contributed by atoms with E-state index < -0.39 is 0 Å². The number of hydrogen-bond acceptors (Lipinski definition) is 3. The summed E-state index contributed by atoms with van der Waals surface area (Å²) >= 11 is 0. The molecular weight excluding hydrogens is 190 g/mol. The van der Waals surface area contributed by atoms with Gasteiger partial charge in [0.15, 0.2) is 0 Å². The molecule has 84 valence electrons. The van der Waals surface area contributed by atoms with E-state index in [0.29, 0.717) is 0 Å². The monoisotopic (exact) mass is 209 g/mol. The Hall–Kier alpha value is -1.22.